The minimum absolute atomic E-state index is 0.0408. The highest BCUT2D eigenvalue weighted by molar-refractivity contribution is 6.34. The second-order valence-corrected chi connectivity index (χ2v) is 9.45. The molecule has 204 valence electrons. The molecule has 0 saturated heterocycles. The number of amides is 1. The third-order valence-electron chi connectivity index (χ3n) is 6.14. The molecule has 0 aliphatic heterocycles. The topological polar surface area (TPSA) is 147 Å². The molecule has 0 saturated carbocycles. The molecule has 0 aliphatic rings. The number of carbonyl (C=O) groups is 1. The second kappa shape index (κ2) is 11.2. The zero-order chi connectivity index (χ0) is 28.4. The Balaban J connectivity index is 2.11. The number of nitrogens with one attached hydrogen (secondary N) is 1. The van der Waals surface area contributed by atoms with Crippen LogP contribution in [-0.4, -0.2) is 40.9 Å². The van der Waals surface area contributed by atoms with Crippen LogP contribution < -0.4 is 27.1 Å². The van der Waals surface area contributed by atoms with E-state index in [0.717, 1.165) is 5.56 Å². The van der Waals surface area contributed by atoms with Gasteiger partial charge in [0, 0.05) is 18.1 Å². The van der Waals surface area contributed by atoms with Crippen LogP contribution >= 0.6 is 11.6 Å². The quantitative estimate of drug-likeness (QED) is 0.264. The number of aryl methyl sites for hydroxylation is 1. The van der Waals surface area contributed by atoms with Crippen LogP contribution in [0, 0.1) is 12.7 Å². The summed E-state index contributed by atoms with van der Waals surface area (Å²) in [6, 6.07) is 7.69. The molecule has 0 spiro atoms. The van der Waals surface area contributed by atoms with Crippen LogP contribution in [0.5, 0.6) is 5.75 Å². The summed E-state index contributed by atoms with van der Waals surface area (Å²) in [5, 5.41) is 3.50. The number of halogens is 2. The van der Waals surface area contributed by atoms with Crippen molar-refractivity contribution in [2.24, 2.45) is 5.73 Å². The summed E-state index contributed by atoms with van der Waals surface area (Å²) < 4.78 is 26.7. The van der Waals surface area contributed by atoms with Crippen molar-refractivity contribution in [3.63, 3.8) is 0 Å². The number of nitrogens with zero attached hydrogens (tertiary/aromatic N) is 3. The molecule has 0 unspecified atom stereocenters. The fraction of sp³-hybridized carbons (Fsp3) is 0.259. The van der Waals surface area contributed by atoms with Gasteiger partial charge in [-0.15, -0.1) is 0 Å². The van der Waals surface area contributed by atoms with Crippen LogP contribution in [0.25, 0.3) is 28.0 Å². The van der Waals surface area contributed by atoms with E-state index in [4.69, 9.17) is 37.5 Å². The van der Waals surface area contributed by atoms with E-state index < -0.39 is 17.5 Å². The minimum Gasteiger partial charge on any atom is -0.496 e. The molecule has 1 amide bonds. The van der Waals surface area contributed by atoms with Gasteiger partial charge < -0.3 is 26.3 Å². The first kappa shape index (κ1) is 27.6. The van der Waals surface area contributed by atoms with Gasteiger partial charge in [-0.3, -0.25) is 14.3 Å². The molecule has 4 rings (SSSR count). The molecule has 5 N–H and O–H groups in total. The Morgan fingerprint density at radius 2 is 2.03 bits per heavy atom. The van der Waals surface area contributed by atoms with Gasteiger partial charge in [-0.2, -0.15) is 0 Å². The van der Waals surface area contributed by atoms with E-state index >= 15 is 4.39 Å². The zero-order valence-electron chi connectivity index (χ0n) is 21.8. The number of aromatic nitrogens is 3. The van der Waals surface area contributed by atoms with Crippen LogP contribution in [0.4, 0.5) is 20.6 Å². The average molecular weight is 555 g/mol. The molecule has 0 radical (unpaired) electrons. The van der Waals surface area contributed by atoms with Crippen LogP contribution in [0.3, 0.4) is 0 Å². The number of hydrogen-bond acceptors (Lipinski definition) is 8. The maximum atomic E-state index is 15.1. The number of methoxy groups -OCH3 is 1. The Kier molecular flexibility index (Phi) is 7.91. The highest BCUT2D eigenvalue weighted by Gasteiger charge is 2.25. The largest absolute Gasteiger partial charge is 0.496 e. The smallest absolute Gasteiger partial charge is 0.404 e. The van der Waals surface area contributed by atoms with Gasteiger partial charge in [0.25, 0.3) is 5.56 Å². The van der Waals surface area contributed by atoms with E-state index in [0.29, 0.717) is 16.8 Å². The Bertz CT molecular complexity index is 1640. The summed E-state index contributed by atoms with van der Waals surface area (Å²) in [6.45, 7) is 5.77. The third kappa shape index (κ3) is 5.17. The number of ether oxygens (including phenoxy) is 2. The van der Waals surface area contributed by atoms with Crippen molar-refractivity contribution in [3.05, 3.63) is 69.0 Å². The molecule has 3 aromatic heterocycles. The minimum atomic E-state index is -0.938. The first-order chi connectivity index (χ1) is 18.6. The lowest BCUT2D eigenvalue weighted by Crippen LogP contribution is -2.27. The molecule has 4 aromatic rings. The van der Waals surface area contributed by atoms with Gasteiger partial charge in [-0.25, -0.2) is 14.2 Å². The number of benzene rings is 1. The van der Waals surface area contributed by atoms with Gasteiger partial charge in [0.05, 0.1) is 40.5 Å². The van der Waals surface area contributed by atoms with Crippen LogP contribution in [0.15, 0.2) is 41.3 Å². The Morgan fingerprint density at radius 1 is 1.28 bits per heavy atom. The number of hydrogen-bond donors (Lipinski definition) is 3. The highest BCUT2D eigenvalue weighted by atomic mass is 35.5. The monoisotopic (exact) mass is 554 g/mol. The number of pyridine rings is 3. The number of nitrogen functional groups attached to an aromatic ring is 1. The summed E-state index contributed by atoms with van der Waals surface area (Å²) in [6.07, 6.45) is 0.728. The summed E-state index contributed by atoms with van der Waals surface area (Å²) in [7, 11) is 1.41. The Morgan fingerprint density at radius 3 is 2.69 bits per heavy atom. The maximum absolute atomic E-state index is 15.1. The van der Waals surface area contributed by atoms with E-state index in [1.807, 2.05) is 20.8 Å². The lowest BCUT2D eigenvalue weighted by atomic mass is 10.0. The van der Waals surface area contributed by atoms with E-state index in [1.54, 1.807) is 24.4 Å². The first-order valence-corrected chi connectivity index (χ1v) is 12.4. The maximum Gasteiger partial charge on any atom is 0.404 e. The molecule has 39 heavy (non-hydrogen) atoms. The van der Waals surface area contributed by atoms with E-state index in [9.17, 15) is 9.59 Å². The van der Waals surface area contributed by atoms with Gasteiger partial charge in [-0.05, 0) is 42.7 Å². The lowest BCUT2D eigenvalue weighted by molar-refractivity contribution is 0.161. The van der Waals surface area contributed by atoms with Crippen molar-refractivity contribution < 1.29 is 18.7 Å². The van der Waals surface area contributed by atoms with Crippen LogP contribution in [0.1, 0.15) is 31.0 Å². The third-order valence-corrected chi connectivity index (χ3v) is 6.43. The normalized spacial score (nSPS) is 11.2. The number of primary amides is 1. The zero-order valence-corrected chi connectivity index (χ0v) is 22.6. The predicted octanol–water partition coefficient (Wildman–Crippen LogP) is 4.77. The summed E-state index contributed by atoms with van der Waals surface area (Å²) in [4.78, 5) is 34.1. The van der Waals surface area contributed by atoms with Crippen molar-refractivity contribution in [1.29, 1.82) is 0 Å². The average Bonchev–Trinajstić information content (AvgIpc) is 2.89. The second-order valence-electron chi connectivity index (χ2n) is 9.05. The molecule has 0 fully saturated rings. The fourth-order valence-corrected chi connectivity index (χ4v) is 4.64. The summed E-state index contributed by atoms with van der Waals surface area (Å²) in [5.74, 6) is -0.435. The van der Waals surface area contributed by atoms with Gasteiger partial charge in [-0.1, -0.05) is 31.5 Å². The fourth-order valence-electron chi connectivity index (χ4n) is 4.39. The lowest BCUT2D eigenvalue weighted by Gasteiger charge is -2.22. The molecule has 12 heteroatoms. The van der Waals surface area contributed by atoms with Gasteiger partial charge in [0.1, 0.15) is 29.5 Å². The van der Waals surface area contributed by atoms with Crippen molar-refractivity contribution >= 4 is 40.1 Å². The predicted molar refractivity (Wildman–Crippen MR) is 149 cm³/mol. The molecule has 0 aliphatic carbocycles. The van der Waals surface area contributed by atoms with Crippen LogP contribution in [0.2, 0.25) is 5.02 Å². The summed E-state index contributed by atoms with van der Waals surface area (Å²) >= 11 is 6.68. The van der Waals surface area contributed by atoms with Crippen molar-refractivity contribution in [3.8, 4) is 22.7 Å². The Hall–Kier alpha value is -4.38. The molecular weight excluding hydrogens is 527 g/mol. The number of rotatable bonds is 8. The number of anilines is 2. The molecular formula is C27H28ClFN6O4. The van der Waals surface area contributed by atoms with Gasteiger partial charge in [0.2, 0.25) is 0 Å². The highest BCUT2D eigenvalue weighted by Crippen LogP contribution is 2.40. The molecule has 1 aromatic carbocycles. The van der Waals surface area contributed by atoms with E-state index in [1.165, 1.54) is 23.8 Å². The van der Waals surface area contributed by atoms with E-state index in [2.05, 4.69) is 10.3 Å². The molecule has 3 heterocycles. The van der Waals surface area contributed by atoms with Gasteiger partial charge in [0.15, 0.2) is 0 Å². The molecule has 0 bridgehead atoms. The standard InChI is InChI=1S/C27H28ClFN6O4/c1-13(2)21-24(14(3)8-9-32-21)35-25-15(22(20(30)26(35)36)33-10-11-39-27(31)37)12-16(28)23(34-25)19-17(29)6-5-7-18(19)38-4/h5-9,12-13,33H,10-11,30H2,1-4H3,(H2,31,37). The summed E-state index contributed by atoms with van der Waals surface area (Å²) in [5.41, 5.74) is 13.2. The molecule has 0 atom stereocenters. The number of carbonyl (C=O) groups excluding carboxylic acids is 1. The van der Waals surface area contributed by atoms with Crippen LogP contribution in [-0.2, 0) is 4.74 Å². The van der Waals surface area contributed by atoms with Gasteiger partial charge >= 0.3 is 6.09 Å². The number of fused-ring (bicyclic) bond motifs is 1. The van der Waals surface area contributed by atoms with E-state index in [-0.39, 0.29) is 58.1 Å². The molecule has 10 nitrogen and oxygen atoms in total. The Labute approximate surface area is 228 Å². The first-order valence-electron chi connectivity index (χ1n) is 12.1. The SMILES string of the molecule is COc1cccc(F)c1-c1nc2c(cc1Cl)c(NCCOC(N)=O)c(N)c(=O)n2-c1c(C)ccnc1C(C)C. The number of nitrogens with two attached hydrogens (primary N) is 2. The van der Waals surface area contributed by atoms with Crippen molar-refractivity contribution in [1.82, 2.24) is 14.5 Å². The van der Waals surface area contributed by atoms with Crippen molar-refractivity contribution in [2.45, 2.75) is 26.7 Å². The van der Waals surface area contributed by atoms with Crippen molar-refractivity contribution in [2.75, 3.05) is 31.3 Å².